The summed E-state index contributed by atoms with van der Waals surface area (Å²) in [6, 6.07) is 6.35. The molecule has 1 aliphatic carbocycles. The predicted octanol–water partition coefficient (Wildman–Crippen LogP) is 3.47. The third-order valence-corrected chi connectivity index (χ3v) is 5.03. The molecule has 0 saturated heterocycles. The van der Waals surface area contributed by atoms with Crippen molar-refractivity contribution in [2.24, 2.45) is 0 Å². The standard InChI is InChI=1S/C20H26F2N4O/c1-14(16-8-7-15-5-3-4-6-17(15)11-16)24-19(27)13-25(2)12-18-23-9-10-26(18)20(21)22/h7-11,14,20H,3-6,12-13H2,1-2H3,(H,24,27). The van der Waals surface area contributed by atoms with Gasteiger partial charge in [0.25, 0.3) is 0 Å². The average Bonchev–Trinajstić information content (AvgIpc) is 3.09. The van der Waals surface area contributed by atoms with Crippen LogP contribution >= 0.6 is 0 Å². The van der Waals surface area contributed by atoms with E-state index in [1.807, 2.05) is 6.92 Å². The van der Waals surface area contributed by atoms with Gasteiger partial charge in [0.05, 0.1) is 19.1 Å². The normalized spacial score (nSPS) is 15.0. The highest BCUT2D eigenvalue weighted by molar-refractivity contribution is 5.78. The van der Waals surface area contributed by atoms with Crippen LogP contribution in [-0.2, 0) is 24.2 Å². The van der Waals surface area contributed by atoms with Crippen molar-refractivity contribution in [1.82, 2.24) is 19.8 Å². The molecule has 0 bridgehead atoms. The fourth-order valence-corrected chi connectivity index (χ4v) is 3.58. The minimum atomic E-state index is -2.63. The van der Waals surface area contributed by atoms with Crippen LogP contribution < -0.4 is 5.32 Å². The van der Waals surface area contributed by atoms with Crippen molar-refractivity contribution in [2.75, 3.05) is 13.6 Å². The van der Waals surface area contributed by atoms with Gasteiger partial charge in [-0.25, -0.2) is 4.98 Å². The second-order valence-corrected chi connectivity index (χ2v) is 7.23. The molecule has 1 heterocycles. The number of carbonyl (C=O) groups is 1. The molecule has 7 heteroatoms. The van der Waals surface area contributed by atoms with Crippen LogP contribution in [0.1, 0.15) is 54.9 Å². The van der Waals surface area contributed by atoms with Crippen molar-refractivity contribution in [1.29, 1.82) is 0 Å². The van der Waals surface area contributed by atoms with Gasteiger partial charge in [-0.15, -0.1) is 0 Å². The number of likely N-dealkylation sites (N-methyl/N-ethyl adjacent to an activating group) is 1. The molecule has 1 atom stereocenters. The van der Waals surface area contributed by atoms with Crippen LogP contribution in [0.25, 0.3) is 0 Å². The van der Waals surface area contributed by atoms with Gasteiger partial charge in [-0.2, -0.15) is 8.78 Å². The number of imidazole rings is 1. The molecule has 2 aromatic rings. The first-order chi connectivity index (χ1) is 12.9. The Kier molecular flexibility index (Phi) is 6.21. The van der Waals surface area contributed by atoms with Crippen molar-refractivity contribution in [3.63, 3.8) is 0 Å². The summed E-state index contributed by atoms with van der Waals surface area (Å²) in [4.78, 5) is 18.0. The molecule has 0 radical (unpaired) electrons. The maximum Gasteiger partial charge on any atom is 0.319 e. The van der Waals surface area contributed by atoms with Crippen LogP contribution in [0.4, 0.5) is 8.78 Å². The van der Waals surface area contributed by atoms with Crippen LogP contribution in [0.3, 0.4) is 0 Å². The van der Waals surface area contributed by atoms with Crippen molar-refractivity contribution < 1.29 is 13.6 Å². The molecular weight excluding hydrogens is 350 g/mol. The number of fused-ring (bicyclic) bond motifs is 1. The second-order valence-electron chi connectivity index (χ2n) is 7.23. The molecule has 1 aromatic heterocycles. The molecule has 27 heavy (non-hydrogen) atoms. The summed E-state index contributed by atoms with van der Waals surface area (Å²) in [5, 5.41) is 2.99. The van der Waals surface area contributed by atoms with Crippen LogP contribution in [0.15, 0.2) is 30.6 Å². The Hall–Kier alpha value is -2.28. The molecule has 5 nitrogen and oxygen atoms in total. The minimum Gasteiger partial charge on any atom is -0.348 e. The molecule has 0 fully saturated rings. The summed E-state index contributed by atoms with van der Waals surface area (Å²) < 4.78 is 26.6. The highest BCUT2D eigenvalue weighted by Gasteiger charge is 2.17. The molecule has 0 spiro atoms. The van der Waals surface area contributed by atoms with Crippen LogP contribution in [0.5, 0.6) is 0 Å². The summed E-state index contributed by atoms with van der Waals surface area (Å²) in [5.41, 5.74) is 3.90. The topological polar surface area (TPSA) is 50.2 Å². The highest BCUT2D eigenvalue weighted by atomic mass is 19.3. The predicted molar refractivity (Wildman–Crippen MR) is 99.5 cm³/mol. The third kappa shape index (κ3) is 4.91. The van der Waals surface area contributed by atoms with Crippen molar-refractivity contribution in [2.45, 2.75) is 51.7 Å². The van der Waals surface area contributed by atoms with E-state index in [0.29, 0.717) is 0 Å². The molecule has 0 saturated carbocycles. The number of halogens is 2. The molecule has 1 unspecified atom stereocenters. The number of alkyl halides is 2. The number of aryl methyl sites for hydroxylation is 2. The van der Waals surface area contributed by atoms with Gasteiger partial charge >= 0.3 is 6.55 Å². The largest absolute Gasteiger partial charge is 0.348 e. The Balaban J connectivity index is 1.54. The summed E-state index contributed by atoms with van der Waals surface area (Å²) in [5.74, 6) is 0.0981. The van der Waals surface area contributed by atoms with E-state index < -0.39 is 6.55 Å². The van der Waals surface area contributed by atoms with E-state index in [1.54, 1.807) is 11.9 Å². The Bertz CT molecular complexity index is 790. The quantitative estimate of drug-likeness (QED) is 0.805. The lowest BCUT2D eigenvalue weighted by molar-refractivity contribution is -0.122. The lowest BCUT2D eigenvalue weighted by Crippen LogP contribution is -2.36. The van der Waals surface area contributed by atoms with E-state index in [1.165, 1.54) is 36.4 Å². The van der Waals surface area contributed by atoms with Gasteiger partial charge < -0.3 is 5.32 Å². The van der Waals surface area contributed by atoms with Crippen molar-refractivity contribution in [3.05, 3.63) is 53.1 Å². The SMILES string of the molecule is CC(NC(=O)CN(C)Cc1nccn1C(F)F)c1ccc2c(c1)CCCC2. The number of hydrogen-bond acceptors (Lipinski definition) is 3. The number of aromatic nitrogens is 2. The van der Waals surface area contributed by atoms with E-state index in [4.69, 9.17) is 0 Å². The van der Waals surface area contributed by atoms with E-state index in [2.05, 4.69) is 28.5 Å². The highest BCUT2D eigenvalue weighted by Crippen LogP contribution is 2.24. The maximum absolute atomic E-state index is 12.9. The summed E-state index contributed by atoms with van der Waals surface area (Å²) >= 11 is 0. The van der Waals surface area contributed by atoms with Crippen molar-refractivity contribution >= 4 is 5.91 Å². The lowest BCUT2D eigenvalue weighted by Gasteiger charge is -2.21. The average molecular weight is 376 g/mol. The zero-order chi connectivity index (χ0) is 19.4. The number of nitrogens with zero attached hydrogens (tertiary/aromatic N) is 3. The van der Waals surface area contributed by atoms with Crippen LogP contribution in [0.2, 0.25) is 0 Å². The molecule has 146 valence electrons. The molecule has 3 rings (SSSR count). The van der Waals surface area contributed by atoms with Gasteiger partial charge in [0.1, 0.15) is 5.82 Å². The van der Waals surface area contributed by atoms with Gasteiger partial charge in [-0.1, -0.05) is 18.2 Å². The van der Waals surface area contributed by atoms with Gasteiger partial charge in [-0.05, 0) is 56.3 Å². The number of benzene rings is 1. The summed E-state index contributed by atoms with van der Waals surface area (Å²) in [6.07, 6.45) is 7.28. The smallest absolute Gasteiger partial charge is 0.319 e. The molecule has 1 N–H and O–H groups in total. The molecular formula is C20H26F2N4O. The summed E-state index contributed by atoms with van der Waals surface area (Å²) in [7, 11) is 1.72. The zero-order valence-electron chi connectivity index (χ0n) is 15.8. The fraction of sp³-hybridized carbons (Fsp3) is 0.500. The first-order valence-electron chi connectivity index (χ1n) is 9.33. The Morgan fingerprint density at radius 1 is 1.30 bits per heavy atom. The first kappa shape index (κ1) is 19.5. The number of nitrogens with one attached hydrogen (secondary N) is 1. The number of rotatable bonds is 7. The van der Waals surface area contributed by atoms with Gasteiger partial charge in [-0.3, -0.25) is 14.3 Å². The van der Waals surface area contributed by atoms with Crippen LogP contribution in [0, 0.1) is 0 Å². The monoisotopic (exact) mass is 376 g/mol. The minimum absolute atomic E-state index is 0.0961. The molecule has 1 amide bonds. The maximum atomic E-state index is 12.9. The van der Waals surface area contributed by atoms with Crippen LogP contribution in [-0.4, -0.2) is 34.0 Å². The fourth-order valence-electron chi connectivity index (χ4n) is 3.58. The molecule has 0 aliphatic heterocycles. The first-order valence-corrected chi connectivity index (χ1v) is 9.33. The lowest BCUT2D eigenvalue weighted by atomic mass is 9.89. The van der Waals surface area contributed by atoms with E-state index in [0.717, 1.165) is 23.0 Å². The van der Waals surface area contributed by atoms with E-state index in [-0.39, 0.29) is 30.9 Å². The van der Waals surface area contributed by atoms with Crippen molar-refractivity contribution in [3.8, 4) is 0 Å². The van der Waals surface area contributed by atoms with E-state index >= 15 is 0 Å². The number of carbonyl (C=O) groups excluding carboxylic acids is 1. The van der Waals surface area contributed by atoms with Gasteiger partial charge in [0, 0.05) is 12.4 Å². The Morgan fingerprint density at radius 3 is 2.78 bits per heavy atom. The van der Waals surface area contributed by atoms with E-state index in [9.17, 15) is 13.6 Å². The number of hydrogen-bond donors (Lipinski definition) is 1. The van der Waals surface area contributed by atoms with Gasteiger partial charge in [0.15, 0.2) is 0 Å². The Morgan fingerprint density at radius 2 is 2.04 bits per heavy atom. The summed E-state index contributed by atoms with van der Waals surface area (Å²) in [6.45, 7) is -0.372. The zero-order valence-corrected chi connectivity index (χ0v) is 15.8. The number of amides is 1. The van der Waals surface area contributed by atoms with Gasteiger partial charge in [0.2, 0.25) is 5.91 Å². The molecule has 1 aliphatic rings. The second kappa shape index (κ2) is 8.61. The third-order valence-electron chi connectivity index (χ3n) is 5.03. The molecule has 1 aromatic carbocycles. The Labute approximate surface area is 158 Å².